The molecule has 0 unspecified atom stereocenters. The summed E-state index contributed by atoms with van der Waals surface area (Å²) < 4.78 is 5.35. The molecule has 2 fully saturated rings. The lowest BCUT2D eigenvalue weighted by atomic mass is 10.1. The van der Waals surface area contributed by atoms with Crippen molar-refractivity contribution in [2.75, 3.05) is 45.2 Å². The Morgan fingerprint density at radius 3 is 2.79 bits per heavy atom. The molecular weight excluding hydrogens is 302 g/mol. The van der Waals surface area contributed by atoms with Gasteiger partial charge in [0.2, 0.25) is 0 Å². The average molecular weight is 331 g/mol. The van der Waals surface area contributed by atoms with Crippen LogP contribution in [-0.4, -0.2) is 55.7 Å². The number of methoxy groups -OCH3 is 1. The molecule has 0 aliphatic carbocycles. The summed E-state index contributed by atoms with van der Waals surface area (Å²) in [5, 5.41) is 3.02. The fourth-order valence-electron chi connectivity index (χ4n) is 3.79. The molecule has 2 amide bonds. The van der Waals surface area contributed by atoms with E-state index in [0.29, 0.717) is 11.7 Å². The number of carbonyl (C=O) groups is 1. The molecule has 5 nitrogen and oxygen atoms in total. The minimum Gasteiger partial charge on any atom is -0.495 e. The quantitative estimate of drug-likeness (QED) is 0.920. The van der Waals surface area contributed by atoms with Gasteiger partial charge in [-0.05, 0) is 62.9 Å². The van der Waals surface area contributed by atoms with Crippen LogP contribution in [0.5, 0.6) is 5.75 Å². The van der Waals surface area contributed by atoms with E-state index in [1.54, 1.807) is 7.11 Å². The first-order valence-corrected chi connectivity index (χ1v) is 9.08. The number of carbonyl (C=O) groups excluding carboxylic acids is 1. The summed E-state index contributed by atoms with van der Waals surface area (Å²) in [6.45, 7) is 7.30. The maximum Gasteiger partial charge on any atom is 0.321 e. The van der Waals surface area contributed by atoms with Crippen molar-refractivity contribution in [2.24, 2.45) is 5.92 Å². The Bertz CT molecular complexity index is 570. The maximum absolute atomic E-state index is 12.6. The fraction of sp³-hybridized carbons (Fsp3) is 0.632. The number of rotatable bonds is 4. The van der Waals surface area contributed by atoms with Crippen LogP contribution in [-0.2, 0) is 0 Å². The van der Waals surface area contributed by atoms with Crippen LogP contribution >= 0.6 is 0 Å². The zero-order chi connectivity index (χ0) is 16.9. The highest BCUT2D eigenvalue weighted by Gasteiger charge is 2.28. The number of nitrogens with one attached hydrogen (secondary N) is 1. The number of amides is 2. The predicted octanol–water partition coefficient (Wildman–Crippen LogP) is 3.34. The standard InChI is InChI=1S/C19H29N3O2/c1-15-6-7-18(24-2)17(12-15)20-19(23)22-11-8-16(14-22)13-21-9-4-3-5-10-21/h6-7,12,16H,3-5,8-11,13-14H2,1-2H3,(H,20,23)/t16-/m1/s1. The molecule has 0 aromatic heterocycles. The topological polar surface area (TPSA) is 44.8 Å². The van der Waals surface area contributed by atoms with Gasteiger partial charge in [-0.2, -0.15) is 0 Å². The molecule has 0 bridgehead atoms. The van der Waals surface area contributed by atoms with Crippen LogP contribution in [0.4, 0.5) is 10.5 Å². The predicted molar refractivity (Wildman–Crippen MR) is 96.7 cm³/mol. The Morgan fingerprint density at radius 1 is 1.25 bits per heavy atom. The van der Waals surface area contributed by atoms with Gasteiger partial charge in [0, 0.05) is 19.6 Å². The van der Waals surface area contributed by atoms with Gasteiger partial charge in [-0.3, -0.25) is 0 Å². The van der Waals surface area contributed by atoms with Crippen LogP contribution in [0.1, 0.15) is 31.2 Å². The van der Waals surface area contributed by atoms with E-state index in [2.05, 4.69) is 10.2 Å². The fourth-order valence-corrected chi connectivity index (χ4v) is 3.79. The van der Waals surface area contributed by atoms with E-state index < -0.39 is 0 Å². The van der Waals surface area contributed by atoms with E-state index in [-0.39, 0.29) is 6.03 Å². The summed E-state index contributed by atoms with van der Waals surface area (Å²) in [4.78, 5) is 17.1. The lowest BCUT2D eigenvalue weighted by molar-refractivity contribution is 0.192. The third-order valence-electron chi connectivity index (χ3n) is 5.13. The number of nitrogens with zero attached hydrogens (tertiary/aromatic N) is 2. The highest BCUT2D eigenvalue weighted by atomic mass is 16.5. The molecule has 5 heteroatoms. The lowest BCUT2D eigenvalue weighted by Gasteiger charge is -2.29. The van der Waals surface area contributed by atoms with Crippen molar-refractivity contribution in [1.29, 1.82) is 0 Å². The molecule has 2 saturated heterocycles. The Labute approximate surface area is 145 Å². The van der Waals surface area contributed by atoms with Crippen molar-refractivity contribution >= 4 is 11.7 Å². The number of urea groups is 1. The Kier molecular flexibility index (Phi) is 5.61. The van der Waals surface area contributed by atoms with E-state index in [9.17, 15) is 4.79 Å². The second kappa shape index (κ2) is 7.88. The minimum absolute atomic E-state index is 0.0138. The van der Waals surface area contributed by atoms with Gasteiger partial charge in [-0.1, -0.05) is 12.5 Å². The molecule has 2 aliphatic heterocycles. The minimum atomic E-state index is -0.0138. The van der Waals surface area contributed by atoms with Gasteiger partial charge >= 0.3 is 6.03 Å². The summed E-state index contributed by atoms with van der Waals surface area (Å²) in [6.07, 6.45) is 5.12. The zero-order valence-corrected chi connectivity index (χ0v) is 14.9. The monoisotopic (exact) mass is 331 g/mol. The van der Waals surface area contributed by atoms with Gasteiger partial charge in [0.1, 0.15) is 5.75 Å². The molecule has 132 valence electrons. The highest BCUT2D eigenvalue weighted by molar-refractivity contribution is 5.91. The molecule has 0 radical (unpaired) electrons. The Morgan fingerprint density at radius 2 is 2.04 bits per heavy atom. The van der Waals surface area contributed by atoms with Gasteiger partial charge < -0.3 is 19.9 Å². The van der Waals surface area contributed by atoms with Crippen LogP contribution < -0.4 is 10.1 Å². The number of anilines is 1. The molecule has 1 aromatic carbocycles. The Balaban J connectivity index is 1.53. The number of hydrogen-bond donors (Lipinski definition) is 1. The molecular formula is C19H29N3O2. The average Bonchev–Trinajstić information content (AvgIpc) is 3.05. The Hall–Kier alpha value is -1.75. The molecule has 3 rings (SSSR count). The number of ether oxygens (including phenoxy) is 1. The number of aryl methyl sites for hydroxylation is 1. The van der Waals surface area contributed by atoms with Crippen molar-refractivity contribution in [1.82, 2.24) is 9.80 Å². The normalized spacial score (nSPS) is 21.8. The van der Waals surface area contributed by atoms with Crippen molar-refractivity contribution in [2.45, 2.75) is 32.6 Å². The van der Waals surface area contributed by atoms with Crippen molar-refractivity contribution in [3.8, 4) is 5.75 Å². The number of hydrogen-bond acceptors (Lipinski definition) is 3. The summed E-state index contributed by atoms with van der Waals surface area (Å²) >= 11 is 0. The van der Waals surface area contributed by atoms with Crippen molar-refractivity contribution in [3.05, 3.63) is 23.8 Å². The van der Waals surface area contributed by atoms with E-state index >= 15 is 0 Å². The summed E-state index contributed by atoms with van der Waals surface area (Å²) in [5.41, 5.74) is 1.86. The molecule has 0 saturated carbocycles. The highest BCUT2D eigenvalue weighted by Crippen LogP contribution is 2.27. The summed E-state index contributed by atoms with van der Waals surface area (Å²) in [7, 11) is 1.63. The van der Waals surface area contributed by atoms with Crippen LogP contribution in [0.2, 0.25) is 0 Å². The van der Waals surface area contributed by atoms with Crippen LogP contribution in [0.3, 0.4) is 0 Å². The molecule has 0 spiro atoms. The van der Waals surface area contributed by atoms with Gasteiger partial charge in [0.15, 0.2) is 0 Å². The SMILES string of the molecule is COc1ccc(C)cc1NC(=O)N1CC[C@H](CN2CCCCC2)C1. The number of piperidine rings is 1. The maximum atomic E-state index is 12.6. The molecule has 1 aromatic rings. The second-order valence-corrected chi connectivity index (χ2v) is 7.10. The molecule has 24 heavy (non-hydrogen) atoms. The van der Waals surface area contributed by atoms with Gasteiger partial charge in [-0.25, -0.2) is 4.79 Å². The second-order valence-electron chi connectivity index (χ2n) is 7.10. The van der Waals surface area contributed by atoms with Crippen LogP contribution in [0.15, 0.2) is 18.2 Å². The number of likely N-dealkylation sites (tertiary alicyclic amines) is 2. The zero-order valence-electron chi connectivity index (χ0n) is 14.9. The number of benzene rings is 1. The van der Waals surface area contributed by atoms with E-state index in [0.717, 1.165) is 37.3 Å². The van der Waals surface area contributed by atoms with E-state index in [1.807, 2.05) is 30.0 Å². The molecule has 2 aliphatic rings. The van der Waals surface area contributed by atoms with E-state index in [4.69, 9.17) is 4.74 Å². The first-order chi connectivity index (χ1) is 11.7. The third kappa shape index (κ3) is 4.20. The molecule has 1 N–H and O–H groups in total. The molecule has 2 heterocycles. The van der Waals surface area contributed by atoms with Gasteiger partial charge in [0.05, 0.1) is 12.8 Å². The van der Waals surface area contributed by atoms with Gasteiger partial charge in [0.25, 0.3) is 0 Å². The first kappa shape index (κ1) is 17.1. The lowest BCUT2D eigenvalue weighted by Crippen LogP contribution is -2.37. The van der Waals surface area contributed by atoms with Crippen LogP contribution in [0.25, 0.3) is 0 Å². The van der Waals surface area contributed by atoms with Crippen molar-refractivity contribution < 1.29 is 9.53 Å². The van der Waals surface area contributed by atoms with Crippen molar-refractivity contribution in [3.63, 3.8) is 0 Å². The summed E-state index contributed by atoms with van der Waals surface area (Å²) in [6, 6.07) is 5.82. The van der Waals surface area contributed by atoms with E-state index in [1.165, 1.54) is 32.4 Å². The largest absolute Gasteiger partial charge is 0.495 e. The third-order valence-corrected chi connectivity index (χ3v) is 5.13. The van der Waals surface area contributed by atoms with Crippen LogP contribution in [0, 0.1) is 12.8 Å². The molecule has 1 atom stereocenters. The van der Waals surface area contributed by atoms with Gasteiger partial charge in [-0.15, -0.1) is 0 Å². The first-order valence-electron chi connectivity index (χ1n) is 9.08. The summed E-state index contributed by atoms with van der Waals surface area (Å²) in [5.74, 6) is 1.31. The smallest absolute Gasteiger partial charge is 0.321 e.